The van der Waals surface area contributed by atoms with Crippen molar-refractivity contribution >= 4 is 16.1 Å². The molecule has 0 aromatic carbocycles. The molecule has 0 spiro atoms. The lowest BCUT2D eigenvalue weighted by molar-refractivity contribution is -0.178. The maximum atomic E-state index is 12.7. The van der Waals surface area contributed by atoms with Gasteiger partial charge in [-0.25, -0.2) is 8.42 Å². The standard InChI is InChI=1S/C14H19F3O5S/c15-14(16,17)11(23(19,20)21)7-22-12(18)13-4-8-1-9(5-13)3-10(2-8)6-13/h8-11H,1-7H2,(H,19,20,21)/p-1. The molecule has 4 saturated carbocycles. The molecule has 5 nitrogen and oxygen atoms in total. The zero-order valence-electron chi connectivity index (χ0n) is 12.3. The van der Waals surface area contributed by atoms with E-state index in [2.05, 4.69) is 0 Å². The van der Waals surface area contributed by atoms with Crippen molar-refractivity contribution in [2.45, 2.75) is 50.0 Å². The van der Waals surface area contributed by atoms with Crippen LogP contribution in [-0.4, -0.2) is 37.0 Å². The van der Waals surface area contributed by atoms with Crippen LogP contribution in [-0.2, 0) is 19.6 Å². The molecule has 0 N–H and O–H groups in total. The second-order valence-corrected chi connectivity index (χ2v) is 8.87. The van der Waals surface area contributed by atoms with Gasteiger partial charge >= 0.3 is 12.1 Å². The molecule has 23 heavy (non-hydrogen) atoms. The van der Waals surface area contributed by atoms with Gasteiger partial charge in [0.1, 0.15) is 16.7 Å². The van der Waals surface area contributed by atoms with Gasteiger partial charge in [0, 0.05) is 0 Å². The highest BCUT2D eigenvalue weighted by Crippen LogP contribution is 2.60. The summed E-state index contributed by atoms with van der Waals surface area (Å²) in [6.45, 7) is -1.45. The van der Waals surface area contributed by atoms with E-state index in [0.29, 0.717) is 37.0 Å². The highest BCUT2D eigenvalue weighted by molar-refractivity contribution is 7.86. The lowest BCUT2D eigenvalue weighted by atomic mass is 9.49. The van der Waals surface area contributed by atoms with Gasteiger partial charge in [0.05, 0.1) is 5.41 Å². The van der Waals surface area contributed by atoms with Gasteiger partial charge in [-0.1, -0.05) is 0 Å². The van der Waals surface area contributed by atoms with E-state index < -0.39 is 39.5 Å². The van der Waals surface area contributed by atoms with E-state index in [1.807, 2.05) is 0 Å². The molecule has 0 aromatic heterocycles. The summed E-state index contributed by atoms with van der Waals surface area (Å²) in [4.78, 5) is 12.4. The van der Waals surface area contributed by atoms with E-state index in [1.54, 1.807) is 0 Å². The van der Waals surface area contributed by atoms with E-state index in [0.717, 1.165) is 19.3 Å². The molecule has 0 aliphatic heterocycles. The summed E-state index contributed by atoms with van der Waals surface area (Å²) in [5.74, 6) is 0.427. The Labute approximate surface area is 132 Å². The minimum absolute atomic E-state index is 0.399. The molecule has 9 heteroatoms. The fourth-order valence-electron chi connectivity index (χ4n) is 5.01. The molecule has 4 rings (SSSR count). The third kappa shape index (κ3) is 3.22. The quantitative estimate of drug-likeness (QED) is 0.570. The molecular weight excluding hydrogens is 337 g/mol. The highest BCUT2D eigenvalue weighted by Gasteiger charge is 2.56. The summed E-state index contributed by atoms with van der Waals surface area (Å²) in [5.41, 5.74) is -0.780. The van der Waals surface area contributed by atoms with Crippen molar-refractivity contribution in [3.63, 3.8) is 0 Å². The molecule has 4 bridgehead atoms. The van der Waals surface area contributed by atoms with Crippen LogP contribution in [0.5, 0.6) is 0 Å². The molecule has 4 aliphatic rings. The first kappa shape index (κ1) is 17.0. The Morgan fingerprint density at radius 3 is 1.91 bits per heavy atom. The third-order valence-corrected chi connectivity index (χ3v) is 6.65. The molecule has 132 valence electrons. The number of carbonyl (C=O) groups excluding carboxylic acids is 1. The van der Waals surface area contributed by atoms with Gasteiger partial charge in [0.15, 0.2) is 5.25 Å². The zero-order valence-corrected chi connectivity index (χ0v) is 13.2. The second kappa shape index (κ2) is 5.34. The van der Waals surface area contributed by atoms with Crippen molar-refractivity contribution < 1.29 is 35.7 Å². The fourth-order valence-corrected chi connectivity index (χ4v) is 5.57. The van der Waals surface area contributed by atoms with Crippen LogP contribution in [0.2, 0.25) is 0 Å². The number of carbonyl (C=O) groups is 1. The van der Waals surface area contributed by atoms with Crippen LogP contribution >= 0.6 is 0 Å². The molecule has 0 heterocycles. The summed E-state index contributed by atoms with van der Waals surface area (Å²) in [6.07, 6.45) is -0.315. The van der Waals surface area contributed by atoms with Crippen molar-refractivity contribution in [2.24, 2.45) is 23.2 Å². The van der Waals surface area contributed by atoms with Crippen molar-refractivity contribution in [1.82, 2.24) is 0 Å². The molecule has 0 radical (unpaired) electrons. The zero-order chi connectivity index (χ0) is 17.0. The first-order valence-corrected chi connectivity index (χ1v) is 9.15. The predicted octanol–water partition coefficient (Wildman–Crippen LogP) is 2.22. The maximum Gasteiger partial charge on any atom is 0.407 e. The number of ether oxygens (including phenoxy) is 1. The van der Waals surface area contributed by atoms with E-state index in [4.69, 9.17) is 4.74 Å². The Morgan fingerprint density at radius 1 is 1.13 bits per heavy atom. The third-order valence-electron chi connectivity index (χ3n) is 5.55. The maximum absolute atomic E-state index is 12.7. The molecule has 0 aromatic rings. The van der Waals surface area contributed by atoms with Crippen LogP contribution in [0, 0.1) is 23.2 Å². The lowest BCUT2D eigenvalue weighted by Gasteiger charge is -2.55. The average molecular weight is 355 g/mol. The Morgan fingerprint density at radius 2 is 1.57 bits per heavy atom. The molecule has 1 unspecified atom stereocenters. The topological polar surface area (TPSA) is 83.5 Å². The summed E-state index contributed by atoms with van der Waals surface area (Å²) < 4.78 is 75.0. The molecule has 4 fully saturated rings. The fraction of sp³-hybridized carbons (Fsp3) is 0.929. The van der Waals surface area contributed by atoms with E-state index >= 15 is 0 Å². The molecule has 4 aliphatic carbocycles. The number of hydrogen-bond acceptors (Lipinski definition) is 5. The van der Waals surface area contributed by atoms with Gasteiger partial charge in [-0.2, -0.15) is 13.2 Å². The molecule has 0 saturated heterocycles. The van der Waals surface area contributed by atoms with Crippen LogP contribution in [0.4, 0.5) is 13.2 Å². The number of hydrogen-bond donors (Lipinski definition) is 0. The normalized spacial score (nSPS) is 37.7. The van der Waals surface area contributed by atoms with Crippen molar-refractivity contribution in [1.29, 1.82) is 0 Å². The van der Waals surface area contributed by atoms with Gasteiger partial charge in [0.2, 0.25) is 0 Å². The highest BCUT2D eigenvalue weighted by atomic mass is 32.2. The molecule has 1 atom stereocenters. The smallest absolute Gasteiger partial charge is 0.407 e. The Hall–Kier alpha value is -0.830. The Kier molecular flexibility index (Phi) is 3.95. The molecular formula is C14H18F3O5S-. The van der Waals surface area contributed by atoms with Crippen LogP contribution in [0.15, 0.2) is 0 Å². The SMILES string of the molecule is O=C(OCC(C(F)(F)F)S(=O)(=O)[O-])C12CC3CC(CC(C3)C1)C2. The average Bonchev–Trinajstić information content (AvgIpc) is 2.33. The lowest BCUT2D eigenvalue weighted by Crippen LogP contribution is -2.51. The van der Waals surface area contributed by atoms with Gasteiger partial charge in [-0.3, -0.25) is 4.79 Å². The van der Waals surface area contributed by atoms with Crippen molar-refractivity contribution in [2.75, 3.05) is 6.61 Å². The van der Waals surface area contributed by atoms with Crippen LogP contribution in [0.25, 0.3) is 0 Å². The van der Waals surface area contributed by atoms with Crippen molar-refractivity contribution in [3.05, 3.63) is 0 Å². The monoisotopic (exact) mass is 355 g/mol. The van der Waals surface area contributed by atoms with Gasteiger partial charge in [-0.15, -0.1) is 0 Å². The Bertz CT molecular complexity index is 563. The van der Waals surface area contributed by atoms with Gasteiger partial charge in [-0.05, 0) is 56.3 Å². The summed E-state index contributed by atoms with van der Waals surface area (Å²) in [5, 5.41) is -3.20. The van der Waals surface area contributed by atoms with E-state index in [-0.39, 0.29) is 0 Å². The van der Waals surface area contributed by atoms with E-state index in [1.165, 1.54) is 0 Å². The van der Waals surface area contributed by atoms with Gasteiger partial charge in [0.25, 0.3) is 0 Å². The second-order valence-electron chi connectivity index (χ2n) is 7.32. The Balaban J connectivity index is 1.70. The number of esters is 1. The summed E-state index contributed by atoms with van der Waals surface area (Å²) >= 11 is 0. The van der Waals surface area contributed by atoms with Crippen LogP contribution < -0.4 is 0 Å². The van der Waals surface area contributed by atoms with Crippen molar-refractivity contribution in [3.8, 4) is 0 Å². The predicted molar refractivity (Wildman–Crippen MR) is 71.1 cm³/mol. The van der Waals surface area contributed by atoms with Gasteiger partial charge < -0.3 is 9.29 Å². The van der Waals surface area contributed by atoms with Crippen LogP contribution in [0.1, 0.15) is 38.5 Å². The number of halogens is 3. The minimum Gasteiger partial charge on any atom is -0.747 e. The number of alkyl halides is 3. The van der Waals surface area contributed by atoms with E-state index in [9.17, 15) is 30.9 Å². The summed E-state index contributed by atoms with van der Waals surface area (Å²) in [6, 6.07) is 0. The number of rotatable bonds is 4. The van der Waals surface area contributed by atoms with Crippen LogP contribution in [0.3, 0.4) is 0 Å². The minimum atomic E-state index is -5.63. The largest absolute Gasteiger partial charge is 0.747 e. The first-order chi connectivity index (χ1) is 10.5. The summed E-state index contributed by atoms with van der Waals surface area (Å²) in [7, 11) is -5.63. The first-order valence-electron chi connectivity index (χ1n) is 7.68. The molecule has 0 amide bonds.